The summed E-state index contributed by atoms with van der Waals surface area (Å²) in [6.45, 7) is 2.45. The first-order valence-electron chi connectivity index (χ1n) is 8.12. The molecular formula is C19H16Cl2N4. The summed E-state index contributed by atoms with van der Waals surface area (Å²) in [5.74, 6) is 0.771. The number of fused-ring (bicyclic) bond motifs is 1. The summed E-state index contributed by atoms with van der Waals surface area (Å²) < 4.78 is 0. The van der Waals surface area contributed by atoms with E-state index in [-0.39, 0.29) is 0 Å². The lowest BCUT2D eigenvalue weighted by Crippen LogP contribution is -2.31. The highest BCUT2D eigenvalue weighted by Gasteiger charge is 2.20. The molecule has 4 rings (SSSR count). The van der Waals surface area contributed by atoms with E-state index >= 15 is 0 Å². The van der Waals surface area contributed by atoms with Gasteiger partial charge in [0, 0.05) is 37.0 Å². The maximum absolute atomic E-state index is 6.21. The average Bonchev–Trinajstić information content (AvgIpc) is 2.64. The first-order chi connectivity index (χ1) is 12.2. The summed E-state index contributed by atoms with van der Waals surface area (Å²) in [5, 5.41) is 0.879. The SMILES string of the molecule is Clc1ccc(CN2CCc3cnc(-c4ccccc4)nc3C2)c(Cl)n1. The van der Waals surface area contributed by atoms with Gasteiger partial charge in [-0.1, -0.05) is 59.6 Å². The Bertz CT molecular complexity index is 899. The minimum atomic E-state index is 0.415. The van der Waals surface area contributed by atoms with Crippen molar-refractivity contribution in [1.29, 1.82) is 0 Å². The van der Waals surface area contributed by atoms with Crippen LogP contribution in [0.15, 0.2) is 48.7 Å². The van der Waals surface area contributed by atoms with E-state index in [0.29, 0.717) is 10.3 Å². The van der Waals surface area contributed by atoms with E-state index in [4.69, 9.17) is 28.2 Å². The summed E-state index contributed by atoms with van der Waals surface area (Å²) in [6.07, 6.45) is 2.89. The van der Waals surface area contributed by atoms with E-state index in [1.807, 2.05) is 42.6 Å². The van der Waals surface area contributed by atoms with Crippen LogP contribution in [-0.2, 0) is 19.5 Å². The van der Waals surface area contributed by atoms with Gasteiger partial charge in [-0.05, 0) is 18.1 Å². The Balaban J connectivity index is 1.56. The Morgan fingerprint density at radius 1 is 1.00 bits per heavy atom. The van der Waals surface area contributed by atoms with Crippen LogP contribution >= 0.6 is 23.2 Å². The predicted molar refractivity (Wildman–Crippen MR) is 99.5 cm³/mol. The topological polar surface area (TPSA) is 41.9 Å². The summed E-state index contributed by atoms with van der Waals surface area (Å²) >= 11 is 12.1. The molecule has 0 radical (unpaired) electrons. The second kappa shape index (κ2) is 7.08. The van der Waals surface area contributed by atoms with Crippen molar-refractivity contribution < 1.29 is 0 Å². The molecule has 126 valence electrons. The van der Waals surface area contributed by atoms with Crippen LogP contribution in [0.5, 0.6) is 0 Å². The van der Waals surface area contributed by atoms with Crippen LogP contribution in [0, 0.1) is 0 Å². The van der Waals surface area contributed by atoms with E-state index < -0.39 is 0 Å². The van der Waals surface area contributed by atoms with Crippen molar-refractivity contribution in [3.05, 3.63) is 75.8 Å². The molecule has 4 nitrogen and oxygen atoms in total. The third-order valence-electron chi connectivity index (χ3n) is 4.34. The van der Waals surface area contributed by atoms with Gasteiger partial charge in [0.05, 0.1) is 5.69 Å². The molecule has 3 heterocycles. The second-order valence-corrected chi connectivity index (χ2v) is 6.82. The van der Waals surface area contributed by atoms with Gasteiger partial charge in [0.2, 0.25) is 0 Å². The van der Waals surface area contributed by atoms with Crippen molar-refractivity contribution >= 4 is 23.2 Å². The van der Waals surface area contributed by atoms with Gasteiger partial charge >= 0.3 is 0 Å². The Kier molecular flexibility index (Phi) is 4.66. The maximum Gasteiger partial charge on any atom is 0.159 e. The molecule has 3 aromatic rings. The number of benzene rings is 1. The molecule has 0 spiro atoms. The van der Waals surface area contributed by atoms with Gasteiger partial charge in [0.1, 0.15) is 10.3 Å². The molecule has 0 saturated carbocycles. The van der Waals surface area contributed by atoms with Crippen LogP contribution in [0.25, 0.3) is 11.4 Å². The lowest BCUT2D eigenvalue weighted by molar-refractivity contribution is 0.241. The number of hydrogen-bond donors (Lipinski definition) is 0. The van der Waals surface area contributed by atoms with E-state index in [9.17, 15) is 0 Å². The summed E-state index contributed by atoms with van der Waals surface area (Å²) in [5.41, 5.74) is 4.31. The van der Waals surface area contributed by atoms with Crippen molar-refractivity contribution in [3.63, 3.8) is 0 Å². The van der Waals surface area contributed by atoms with E-state index in [1.165, 1.54) is 5.56 Å². The van der Waals surface area contributed by atoms with Gasteiger partial charge in [-0.25, -0.2) is 15.0 Å². The summed E-state index contributed by atoms with van der Waals surface area (Å²) in [7, 11) is 0. The molecule has 1 aliphatic heterocycles. The molecule has 25 heavy (non-hydrogen) atoms. The zero-order chi connectivity index (χ0) is 17.2. The lowest BCUT2D eigenvalue weighted by atomic mass is 10.1. The molecule has 0 atom stereocenters. The average molecular weight is 371 g/mol. The molecule has 0 N–H and O–H groups in total. The fraction of sp³-hybridized carbons (Fsp3) is 0.211. The van der Waals surface area contributed by atoms with E-state index in [1.54, 1.807) is 6.07 Å². The summed E-state index contributed by atoms with van der Waals surface area (Å²) in [6, 6.07) is 13.8. The van der Waals surface area contributed by atoms with E-state index in [2.05, 4.69) is 14.9 Å². The highest BCUT2D eigenvalue weighted by atomic mass is 35.5. The fourth-order valence-electron chi connectivity index (χ4n) is 3.02. The third kappa shape index (κ3) is 3.66. The molecule has 0 fully saturated rings. The summed E-state index contributed by atoms with van der Waals surface area (Å²) in [4.78, 5) is 15.7. The van der Waals surface area contributed by atoms with Gasteiger partial charge in [0.25, 0.3) is 0 Å². The van der Waals surface area contributed by atoms with Crippen LogP contribution in [0.1, 0.15) is 16.8 Å². The highest BCUT2D eigenvalue weighted by molar-refractivity contribution is 6.32. The predicted octanol–water partition coefficient (Wildman–Crippen LogP) is 4.40. The van der Waals surface area contributed by atoms with Crippen molar-refractivity contribution in [1.82, 2.24) is 19.9 Å². The largest absolute Gasteiger partial charge is 0.293 e. The quantitative estimate of drug-likeness (QED) is 0.640. The molecule has 0 unspecified atom stereocenters. The number of aromatic nitrogens is 3. The monoisotopic (exact) mass is 370 g/mol. The Morgan fingerprint density at radius 3 is 2.64 bits per heavy atom. The Morgan fingerprint density at radius 2 is 1.84 bits per heavy atom. The van der Waals surface area contributed by atoms with Gasteiger partial charge in [-0.15, -0.1) is 0 Å². The molecule has 0 amide bonds. The Labute approximate surface area is 156 Å². The Hall–Kier alpha value is -2.01. The van der Waals surface area contributed by atoms with Crippen LogP contribution in [0.2, 0.25) is 10.3 Å². The van der Waals surface area contributed by atoms with Crippen LogP contribution in [0.4, 0.5) is 0 Å². The number of pyridine rings is 1. The van der Waals surface area contributed by atoms with Crippen LogP contribution in [0.3, 0.4) is 0 Å². The number of nitrogens with zero attached hydrogens (tertiary/aromatic N) is 4. The second-order valence-electron chi connectivity index (χ2n) is 6.08. The highest BCUT2D eigenvalue weighted by Crippen LogP contribution is 2.24. The first-order valence-corrected chi connectivity index (χ1v) is 8.88. The van der Waals surface area contributed by atoms with Crippen molar-refractivity contribution in [2.45, 2.75) is 19.5 Å². The maximum atomic E-state index is 6.21. The van der Waals surface area contributed by atoms with Crippen molar-refractivity contribution in [2.75, 3.05) is 6.54 Å². The number of rotatable bonds is 3. The number of hydrogen-bond acceptors (Lipinski definition) is 4. The van der Waals surface area contributed by atoms with Crippen molar-refractivity contribution in [2.24, 2.45) is 0 Å². The zero-order valence-electron chi connectivity index (χ0n) is 13.5. The third-order valence-corrected chi connectivity index (χ3v) is 4.88. The zero-order valence-corrected chi connectivity index (χ0v) is 15.0. The molecule has 0 bridgehead atoms. The van der Waals surface area contributed by atoms with Crippen LogP contribution < -0.4 is 0 Å². The molecule has 1 aliphatic rings. The molecule has 2 aromatic heterocycles. The minimum absolute atomic E-state index is 0.415. The molecule has 1 aromatic carbocycles. The molecule has 0 aliphatic carbocycles. The van der Waals surface area contributed by atoms with Crippen LogP contribution in [-0.4, -0.2) is 26.4 Å². The normalized spacial score (nSPS) is 14.3. The van der Waals surface area contributed by atoms with Gasteiger partial charge < -0.3 is 0 Å². The standard InChI is InChI=1S/C19H16Cl2N4/c20-17-7-6-15(18(21)24-17)11-25-9-8-14-10-22-19(23-16(14)12-25)13-4-2-1-3-5-13/h1-7,10H,8-9,11-12H2. The number of halogens is 2. The fourth-order valence-corrected chi connectivity index (χ4v) is 3.42. The molecule has 6 heteroatoms. The first kappa shape index (κ1) is 16.5. The lowest BCUT2D eigenvalue weighted by Gasteiger charge is -2.28. The van der Waals surface area contributed by atoms with E-state index in [0.717, 1.165) is 48.7 Å². The van der Waals surface area contributed by atoms with Crippen molar-refractivity contribution in [3.8, 4) is 11.4 Å². The van der Waals surface area contributed by atoms with Gasteiger partial charge in [-0.3, -0.25) is 4.90 Å². The smallest absolute Gasteiger partial charge is 0.159 e. The minimum Gasteiger partial charge on any atom is -0.293 e. The van der Waals surface area contributed by atoms with Gasteiger partial charge in [0.15, 0.2) is 5.82 Å². The molecule has 0 saturated heterocycles. The van der Waals surface area contributed by atoms with Gasteiger partial charge in [-0.2, -0.15) is 0 Å². The molecular weight excluding hydrogens is 355 g/mol.